The summed E-state index contributed by atoms with van der Waals surface area (Å²) in [5, 5.41) is 8.10. The third-order valence-corrected chi connectivity index (χ3v) is 6.76. The van der Waals surface area contributed by atoms with Crippen LogP contribution in [0.2, 0.25) is 0 Å². The Labute approximate surface area is 214 Å². The standard InChI is InChI=1S/C28H26N4O5/c1-33-20-13-12-16(14-22(20)35-3)25-23-24(31-28-29-15-30-32(25)28)17-8-5-6-10-19(17)37-27(23)18-9-7-11-21(34-2)26(18)36-4/h5-15,25,27H,1-4H3,(H,29,30,31)/t25-,27-/m0/s1. The Balaban J connectivity index is 1.63. The van der Waals surface area contributed by atoms with Gasteiger partial charge in [-0.05, 0) is 35.9 Å². The fourth-order valence-corrected chi connectivity index (χ4v) is 5.14. The Hall–Kier alpha value is -4.66. The highest BCUT2D eigenvalue weighted by atomic mass is 16.5. The maximum Gasteiger partial charge on any atom is 0.226 e. The van der Waals surface area contributed by atoms with Crippen LogP contribution in [0, 0.1) is 0 Å². The van der Waals surface area contributed by atoms with Gasteiger partial charge >= 0.3 is 0 Å². The molecule has 3 heterocycles. The zero-order valence-corrected chi connectivity index (χ0v) is 20.9. The van der Waals surface area contributed by atoms with E-state index in [2.05, 4.69) is 15.4 Å². The van der Waals surface area contributed by atoms with Crippen molar-refractivity contribution in [2.45, 2.75) is 12.1 Å². The molecule has 0 spiro atoms. The van der Waals surface area contributed by atoms with Crippen molar-refractivity contribution in [2.24, 2.45) is 0 Å². The second-order valence-electron chi connectivity index (χ2n) is 8.58. The summed E-state index contributed by atoms with van der Waals surface area (Å²) in [6.45, 7) is 0. The smallest absolute Gasteiger partial charge is 0.226 e. The van der Waals surface area contributed by atoms with E-state index < -0.39 is 6.10 Å². The molecule has 37 heavy (non-hydrogen) atoms. The number of fused-ring (bicyclic) bond motifs is 3. The lowest BCUT2D eigenvalue weighted by molar-refractivity contribution is 0.216. The maximum atomic E-state index is 6.72. The van der Waals surface area contributed by atoms with Gasteiger partial charge in [0, 0.05) is 16.7 Å². The molecule has 0 bridgehead atoms. The first-order valence-corrected chi connectivity index (χ1v) is 11.8. The van der Waals surface area contributed by atoms with Crippen molar-refractivity contribution in [1.29, 1.82) is 0 Å². The normalized spacial score (nSPS) is 17.5. The molecule has 1 aromatic heterocycles. The van der Waals surface area contributed by atoms with Gasteiger partial charge in [-0.3, -0.25) is 0 Å². The van der Waals surface area contributed by atoms with Crippen LogP contribution < -0.4 is 29.0 Å². The maximum absolute atomic E-state index is 6.72. The summed E-state index contributed by atoms with van der Waals surface area (Å²) >= 11 is 0. The van der Waals surface area contributed by atoms with E-state index in [0.717, 1.165) is 33.7 Å². The van der Waals surface area contributed by atoms with E-state index in [0.29, 0.717) is 28.9 Å². The van der Waals surface area contributed by atoms with E-state index in [9.17, 15) is 0 Å². The molecule has 188 valence electrons. The molecule has 2 aliphatic rings. The lowest BCUT2D eigenvalue weighted by Crippen LogP contribution is -2.32. The Morgan fingerprint density at radius 1 is 0.838 bits per heavy atom. The highest BCUT2D eigenvalue weighted by Gasteiger charge is 2.42. The van der Waals surface area contributed by atoms with Gasteiger partial charge in [0.05, 0.1) is 34.1 Å². The van der Waals surface area contributed by atoms with Crippen molar-refractivity contribution in [1.82, 2.24) is 14.8 Å². The molecule has 9 heteroatoms. The molecule has 0 saturated carbocycles. The molecule has 0 radical (unpaired) electrons. The molecular formula is C28H26N4O5. The third-order valence-electron chi connectivity index (χ3n) is 6.76. The molecule has 0 saturated heterocycles. The van der Waals surface area contributed by atoms with E-state index >= 15 is 0 Å². The van der Waals surface area contributed by atoms with Crippen molar-refractivity contribution >= 4 is 11.6 Å². The van der Waals surface area contributed by atoms with Crippen molar-refractivity contribution in [3.8, 4) is 28.7 Å². The van der Waals surface area contributed by atoms with Crippen molar-refractivity contribution in [2.75, 3.05) is 33.8 Å². The highest BCUT2D eigenvalue weighted by molar-refractivity contribution is 5.85. The highest BCUT2D eigenvalue weighted by Crippen LogP contribution is 2.53. The van der Waals surface area contributed by atoms with Crippen LogP contribution in [-0.2, 0) is 0 Å². The molecule has 0 unspecified atom stereocenters. The third kappa shape index (κ3) is 3.54. The lowest BCUT2D eigenvalue weighted by atomic mass is 9.84. The van der Waals surface area contributed by atoms with E-state index in [1.165, 1.54) is 0 Å². The van der Waals surface area contributed by atoms with E-state index in [1.807, 2.05) is 65.3 Å². The summed E-state index contributed by atoms with van der Waals surface area (Å²) < 4.78 is 31.2. The number of hydrogen-bond acceptors (Lipinski definition) is 8. The second-order valence-corrected chi connectivity index (χ2v) is 8.58. The molecule has 9 nitrogen and oxygen atoms in total. The minimum absolute atomic E-state index is 0.359. The van der Waals surface area contributed by atoms with E-state index in [-0.39, 0.29) is 6.04 Å². The van der Waals surface area contributed by atoms with Crippen molar-refractivity contribution < 1.29 is 23.7 Å². The predicted octanol–water partition coefficient (Wildman–Crippen LogP) is 4.87. The monoisotopic (exact) mass is 498 g/mol. The fourth-order valence-electron chi connectivity index (χ4n) is 5.14. The molecule has 0 fully saturated rings. The number of rotatable bonds is 6. The van der Waals surface area contributed by atoms with Gasteiger partial charge in [0.25, 0.3) is 0 Å². The summed E-state index contributed by atoms with van der Waals surface area (Å²) in [6, 6.07) is 19.3. The minimum Gasteiger partial charge on any atom is -0.493 e. The number of aromatic nitrogens is 3. The quantitative estimate of drug-likeness (QED) is 0.403. The zero-order valence-electron chi connectivity index (χ0n) is 20.9. The number of ether oxygens (including phenoxy) is 5. The molecule has 1 N–H and O–H groups in total. The predicted molar refractivity (Wildman–Crippen MR) is 138 cm³/mol. The Bertz CT molecular complexity index is 1510. The van der Waals surface area contributed by atoms with Gasteiger partial charge in [-0.2, -0.15) is 10.1 Å². The van der Waals surface area contributed by atoms with Crippen LogP contribution in [0.25, 0.3) is 5.70 Å². The topological polar surface area (TPSA) is 88.9 Å². The molecular weight excluding hydrogens is 472 g/mol. The van der Waals surface area contributed by atoms with Gasteiger partial charge in [-0.25, -0.2) is 4.68 Å². The molecule has 2 atom stereocenters. The minimum atomic E-state index is -0.516. The summed E-state index contributed by atoms with van der Waals surface area (Å²) in [4.78, 5) is 4.50. The van der Waals surface area contributed by atoms with E-state index in [4.69, 9.17) is 23.7 Å². The number of nitrogens with one attached hydrogen (secondary N) is 1. The first-order chi connectivity index (χ1) is 18.2. The van der Waals surface area contributed by atoms with Crippen LogP contribution in [0.3, 0.4) is 0 Å². The number of benzene rings is 3. The first-order valence-electron chi connectivity index (χ1n) is 11.8. The molecule has 0 aliphatic carbocycles. The van der Waals surface area contributed by atoms with Crippen LogP contribution in [0.4, 0.5) is 5.95 Å². The Morgan fingerprint density at radius 2 is 1.65 bits per heavy atom. The van der Waals surface area contributed by atoms with Gasteiger partial charge in [0.2, 0.25) is 5.95 Å². The van der Waals surface area contributed by atoms with Gasteiger partial charge in [-0.15, -0.1) is 0 Å². The number of para-hydroxylation sites is 2. The van der Waals surface area contributed by atoms with Crippen molar-refractivity contribution in [3.63, 3.8) is 0 Å². The van der Waals surface area contributed by atoms with Crippen molar-refractivity contribution in [3.05, 3.63) is 89.3 Å². The number of hydrogen-bond donors (Lipinski definition) is 1. The SMILES string of the molecule is COc1ccc([C@H]2C3=C(Nc4ncnn42)c2ccccc2O[C@H]3c2cccc(OC)c2OC)cc1OC. The average Bonchev–Trinajstić information content (AvgIpc) is 3.43. The summed E-state index contributed by atoms with van der Waals surface area (Å²) in [5.41, 5.74) is 4.58. The van der Waals surface area contributed by atoms with Crippen LogP contribution in [0.5, 0.6) is 28.7 Å². The van der Waals surface area contributed by atoms with Crippen LogP contribution >= 0.6 is 0 Å². The molecule has 2 aliphatic heterocycles. The van der Waals surface area contributed by atoms with Gasteiger partial charge in [0.1, 0.15) is 18.1 Å². The lowest BCUT2D eigenvalue weighted by Gasteiger charge is -2.39. The van der Waals surface area contributed by atoms with Gasteiger partial charge < -0.3 is 29.0 Å². The van der Waals surface area contributed by atoms with Gasteiger partial charge in [-0.1, -0.05) is 30.3 Å². The zero-order chi connectivity index (χ0) is 25.5. The number of nitrogens with zero attached hydrogens (tertiary/aromatic N) is 3. The van der Waals surface area contributed by atoms with E-state index in [1.54, 1.807) is 34.8 Å². The molecule has 3 aromatic carbocycles. The summed E-state index contributed by atoms with van der Waals surface area (Å²) in [5.74, 6) is 3.88. The molecule has 6 rings (SSSR count). The Morgan fingerprint density at radius 3 is 2.43 bits per heavy atom. The van der Waals surface area contributed by atoms with Crippen LogP contribution in [-0.4, -0.2) is 43.2 Å². The van der Waals surface area contributed by atoms with Crippen LogP contribution in [0.1, 0.15) is 28.8 Å². The fraction of sp³-hybridized carbons (Fsp3) is 0.214. The Kier molecular flexibility index (Phi) is 5.60. The number of methoxy groups -OCH3 is 4. The average molecular weight is 499 g/mol. The van der Waals surface area contributed by atoms with Gasteiger partial charge in [0.15, 0.2) is 29.1 Å². The number of anilines is 1. The second kappa shape index (κ2) is 9.09. The first kappa shape index (κ1) is 22.8. The summed E-state index contributed by atoms with van der Waals surface area (Å²) in [7, 11) is 6.50. The van der Waals surface area contributed by atoms with Crippen LogP contribution in [0.15, 0.2) is 72.6 Å². The molecule has 4 aromatic rings. The molecule has 0 amide bonds. The summed E-state index contributed by atoms with van der Waals surface area (Å²) in [6.07, 6.45) is 1.03. The largest absolute Gasteiger partial charge is 0.493 e.